The van der Waals surface area contributed by atoms with Crippen LogP contribution in [0.1, 0.15) is 36.6 Å². The van der Waals surface area contributed by atoms with Crippen molar-refractivity contribution in [2.24, 2.45) is 0 Å². The number of benzene rings is 2. The Balaban J connectivity index is 2.11. The molecule has 2 amide bonds. The molecule has 0 unspecified atom stereocenters. The summed E-state index contributed by atoms with van der Waals surface area (Å²) in [7, 11) is 0. The van der Waals surface area contributed by atoms with Gasteiger partial charge in [0.05, 0.1) is 28.9 Å². The molecule has 2 aromatic carbocycles. The third-order valence-corrected chi connectivity index (χ3v) is 5.50. The SMILES string of the molecule is CCOC(=O)C1=C(COc2ccccc2Cl)N(CC)C(=O)N[C@@H]1c1ccc(C)cc1C. The first-order chi connectivity index (χ1) is 14.9. The summed E-state index contributed by atoms with van der Waals surface area (Å²) >= 11 is 6.22. The lowest BCUT2D eigenvalue weighted by Crippen LogP contribution is -2.49. The summed E-state index contributed by atoms with van der Waals surface area (Å²) < 4.78 is 11.3. The van der Waals surface area contributed by atoms with Gasteiger partial charge in [-0.05, 0) is 51.0 Å². The van der Waals surface area contributed by atoms with Crippen LogP contribution in [-0.2, 0) is 9.53 Å². The lowest BCUT2D eigenvalue weighted by molar-refractivity contribution is -0.139. The predicted octanol–water partition coefficient (Wildman–Crippen LogP) is 4.94. The van der Waals surface area contributed by atoms with Crippen molar-refractivity contribution in [2.75, 3.05) is 19.8 Å². The van der Waals surface area contributed by atoms with Crippen molar-refractivity contribution in [1.29, 1.82) is 0 Å². The Bertz CT molecular complexity index is 1020. The Morgan fingerprint density at radius 2 is 1.90 bits per heavy atom. The number of aryl methyl sites for hydroxylation is 2. The molecule has 6 nitrogen and oxygen atoms in total. The van der Waals surface area contributed by atoms with Crippen LogP contribution in [0.2, 0.25) is 5.02 Å². The number of nitrogens with one attached hydrogen (secondary N) is 1. The highest BCUT2D eigenvalue weighted by Crippen LogP contribution is 2.34. The Morgan fingerprint density at radius 1 is 1.16 bits per heavy atom. The molecule has 31 heavy (non-hydrogen) atoms. The lowest BCUT2D eigenvalue weighted by Gasteiger charge is -2.36. The second-order valence-corrected chi connectivity index (χ2v) is 7.69. The third kappa shape index (κ3) is 4.85. The van der Waals surface area contributed by atoms with Crippen molar-refractivity contribution in [2.45, 2.75) is 33.7 Å². The summed E-state index contributed by atoms with van der Waals surface area (Å²) in [4.78, 5) is 27.5. The fourth-order valence-electron chi connectivity index (χ4n) is 3.73. The second kappa shape index (κ2) is 9.88. The molecule has 0 spiro atoms. The Hall–Kier alpha value is -2.99. The molecule has 1 heterocycles. The average Bonchev–Trinajstić information content (AvgIpc) is 2.73. The number of nitrogens with zero attached hydrogens (tertiary/aromatic N) is 1. The largest absolute Gasteiger partial charge is 0.486 e. The Labute approximate surface area is 187 Å². The highest BCUT2D eigenvalue weighted by molar-refractivity contribution is 6.32. The molecule has 164 valence electrons. The molecule has 0 saturated carbocycles. The van der Waals surface area contributed by atoms with Crippen LogP contribution in [0.5, 0.6) is 5.75 Å². The maximum atomic E-state index is 13.1. The minimum atomic E-state index is -0.639. The average molecular weight is 443 g/mol. The standard InChI is InChI=1S/C24H27ClN2O4/c1-5-27-19(14-31-20-10-8-7-9-18(20)25)21(23(28)30-6-2)22(26-24(27)29)17-12-11-15(3)13-16(17)4/h7-13,22H,5-6,14H2,1-4H3,(H,26,29)/t22-/m1/s1. The molecule has 1 N–H and O–H groups in total. The number of hydrogen-bond acceptors (Lipinski definition) is 4. The maximum Gasteiger partial charge on any atom is 0.338 e. The fraction of sp³-hybridized carbons (Fsp3) is 0.333. The first-order valence-electron chi connectivity index (χ1n) is 10.3. The van der Waals surface area contributed by atoms with Gasteiger partial charge in [0.1, 0.15) is 12.4 Å². The molecule has 0 radical (unpaired) electrons. The molecule has 1 aliphatic rings. The molecule has 2 aromatic rings. The number of carbonyl (C=O) groups is 2. The second-order valence-electron chi connectivity index (χ2n) is 7.29. The summed E-state index contributed by atoms with van der Waals surface area (Å²) in [6, 6.07) is 12.1. The number of urea groups is 1. The number of esters is 1. The Morgan fingerprint density at radius 3 is 2.55 bits per heavy atom. The number of amides is 2. The van der Waals surface area contributed by atoms with E-state index in [2.05, 4.69) is 5.32 Å². The molecule has 0 saturated heterocycles. The van der Waals surface area contributed by atoms with Gasteiger partial charge in [0.25, 0.3) is 0 Å². The van der Waals surface area contributed by atoms with E-state index in [4.69, 9.17) is 21.1 Å². The van der Waals surface area contributed by atoms with Gasteiger partial charge >= 0.3 is 12.0 Å². The minimum absolute atomic E-state index is 0.000546. The summed E-state index contributed by atoms with van der Waals surface area (Å²) in [5.41, 5.74) is 3.75. The predicted molar refractivity (Wildman–Crippen MR) is 120 cm³/mol. The van der Waals surface area contributed by atoms with Gasteiger partial charge in [0, 0.05) is 6.54 Å². The summed E-state index contributed by atoms with van der Waals surface area (Å²) in [6.45, 7) is 8.15. The van der Waals surface area contributed by atoms with E-state index in [0.717, 1.165) is 16.7 Å². The molecule has 1 aliphatic heterocycles. The van der Waals surface area contributed by atoms with Gasteiger partial charge < -0.3 is 14.8 Å². The summed E-state index contributed by atoms with van der Waals surface area (Å²) in [5, 5.41) is 3.42. The first-order valence-corrected chi connectivity index (χ1v) is 10.7. The fourth-order valence-corrected chi connectivity index (χ4v) is 3.92. The van der Waals surface area contributed by atoms with Gasteiger partial charge in [-0.25, -0.2) is 9.59 Å². The highest BCUT2D eigenvalue weighted by Gasteiger charge is 2.38. The van der Waals surface area contributed by atoms with E-state index in [0.29, 0.717) is 28.6 Å². The van der Waals surface area contributed by atoms with E-state index >= 15 is 0 Å². The highest BCUT2D eigenvalue weighted by atomic mass is 35.5. The molecule has 0 aromatic heterocycles. The number of carbonyl (C=O) groups excluding carboxylic acids is 2. The van der Waals surface area contributed by atoms with Gasteiger partial charge in [-0.15, -0.1) is 0 Å². The molecule has 0 bridgehead atoms. The molecule has 3 rings (SSSR count). The monoisotopic (exact) mass is 442 g/mol. The van der Waals surface area contributed by atoms with Crippen LogP contribution in [0.25, 0.3) is 0 Å². The number of para-hydroxylation sites is 1. The van der Waals surface area contributed by atoms with E-state index in [-0.39, 0.29) is 19.2 Å². The maximum absolute atomic E-state index is 13.1. The molecule has 7 heteroatoms. The van der Waals surface area contributed by atoms with Gasteiger partial charge in [0.15, 0.2) is 0 Å². The van der Waals surface area contributed by atoms with E-state index in [9.17, 15) is 9.59 Å². The van der Waals surface area contributed by atoms with Crippen molar-refractivity contribution in [3.05, 3.63) is 75.4 Å². The molecule has 1 atom stereocenters. The zero-order valence-corrected chi connectivity index (χ0v) is 19.0. The molecular weight excluding hydrogens is 416 g/mol. The molecule has 0 fully saturated rings. The number of ether oxygens (including phenoxy) is 2. The van der Waals surface area contributed by atoms with Crippen molar-refractivity contribution in [3.8, 4) is 5.75 Å². The van der Waals surface area contributed by atoms with Crippen molar-refractivity contribution in [3.63, 3.8) is 0 Å². The van der Waals surface area contributed by atoms with Crippen LogP contribution in [-0.4, -0.2) is 36.7 Å². The minimum Gasteiger partial charge on any atom is -0.486 e. The number of rotatable bonds is 7. The van der Waals surface area contributed by atoms with Gasteiger partial charge in [-0.3, -0.25) is 4.90 Å². The van der Waals surface area contributed by atoms with E-state index < -0.39 is 12.0 Å². The van der Waals surface area contributed by atoms with Crippen molar-refractivity contribution >= 4 is 23.6 Å². The van der Waals surface area contributed by atoms with Crippen LogP contribution in [0.3, 0.4) is 0 Å². The normalized spacial score (nSPS) is 16.2. The van der Waals surface area contributed by atoms with E-state index in [1.807, 2.05) is 45.0 Å². The van der Waals surface area contributed by atoms with Crippen LogP contribution in [0.15, 0.2) is 53.7 Å². The Kier molecular flexibility index (Phi) is 7.23. The first kappa shape index (κ1) is 22.7. The lowest BCUT2D eigenvalue weighted by atomic mass is 9.91. The zero-order valence-electron chi connectivity index (χ0n) is 18.2. The molecule has 0 aliphatic carbocycles. The number of hydrogen-bond donors (Lipinski definition) is 1. The smallest absolute Gasteiger partial charge is 0.338 e. The molecular formula is C24H27ClN2O4. The van der Waals surface area contributed by atoms with Gasteiger partial charge in [-0.2, -0.15) is 0 Å². The van der Waals surface area contributed by atoms with Crippen molar-refractivity contribution in [1.82, 2.24) is 10.2 Å². The number of likely N-dealkylation sites (N-methyl/N-ethyl adjacent to an activating group) is 1. The van der Waals surface area contributed by atoms with Crippen LogP contribution < -0.4 is 10.1 Å². The zero-order chi connectivity index (χ0) is 22.5. The van der Waals surface area contributed by atoms with Crippen LogP contribution >= 0.6 is 11.6 Å². The van der Waals surface area contributed by atoms with Crippen LogP contribution in [0.4, 0.5) is 4.79 Å². The van der Waals surface area contributed by atoms with Crippen LogP contribution in [0, 0.1) is 13.8 Å². The van der Waals surface area contributed by atoms with E-state index in [1.54, 1.807) is 25.1 Å². The summed E-state index contributed by atoms with van der Waals surface area (Å²) in [5.74, 6) is -0.00587. The van der Waals surface area contributed by atoms with Gasteiger partial charge in [0.2, 0.25) is 0 Å². The topological polar surface area (TPSA) is 67.9 Å². The number of halogens is 1. The van der Waals surface area contributed by atoms with E-state index in [1.165, 1.54) is 4.90 Å². The summed E-state index contributed by atoms with van der Waals surface area (Å²) in [6.07, 6.45) is 0. The quantitative estimate of drug-likeness (QED) is 0.617. The van der Waals surface area contributed by atoms with Gasteiger partial charge in [-0.1, -0.05) is 47.5 Å². The van der Waals surface area contributed by atoms with Crippen molar-refractivity contribution < 1.29 is 19.1 Å². The third-order valence-electron chi connectivity index (χ3n) is 5.19.